The largest absolute Gasteiger partial charge is 0.395 e. The van der Waals surface area contributed by atoms with Gasteiger partial charge in [0, 0.05) is 38.8 Å². The van der Waals surface area contributed by atoms with Gasteiger partial charge in [-0.3, -0.25) is 9.80 Å². The van der Waals surface area contributed by atoms with Crippen molar-refractivity contribution in [2.45, 2.75) is 32.7 Å². The fraction of sp³-hybridized carbons (Fsp3) is 1.00. The van der Waals surface area contributed by atoms with Gasteiger partial charge in [0.1, 0.15) is 0 Å². The molecule has 0 saturated carbocycles. The molecule has 1 saturated heterocycles. The Labute approximate surface area is 87.7 Å². The summed E-state index contributed by atoms with van der Waals surface area (Å²) < 4.78 is 0. The summed E-state index contributed by atoms with van der Waals surface area (Å²) in [7, 11) is 0. The predicted octanol–water partition coefficient (Wildman–Crippen LogP) is 0.785. The van der Waals surface area contributed by atoms with E-state index in [9.17, 15) is 0 Å². The Morgan fingerprint density at radius 2 is 1.86 bits per heavy atom. The molecule has 1 rings (SSSR count). The van der Waals surface area contributed by atoms with Gasteiger partial charge in [0.05, 0.1) is 6.61 Å². The van der Waals surface area contributed by atoms with Crippen LogP contribution in [0.2, 0.25) is 0 Å². The fourth-order valence-corrected chi connectivity index (χ4v) is 2.17. The highest BCUT2D eigenvalue weighted by Crippen LogP contribution is 2.09. The minimum absolute atomic E-state index is 0.296. The third kappa shape index (κ3) is 3.56. The highest BCUT2D eigenvalue weighted by atomic mass is 16.3. The van der Waals surface area contributed by atoms with Crippen LogP contribution >= 0.6 is 0 Å². The van der Waals surface area contributed by atoms with Crippen LogP contribution in [0, 0.1) is 0 Å². The summed E-state index contributed by atoms with van der Waals surface area (Å²) >= 11 is 0. The molecule has 1 atom stereocenters. The first kappa shape index (κ1) is 12.0. The first-order valence-electron chi connectivity index (χ1n) is 5.85. The monoisotopic (exact) mass is 200 g/mol. The summed E-state index contributed by atoms with van der Waals surface area (Å²) in [6.07, 6.45) is 2.58. The normalized spacial score (nSPS) is 22.5. The van der Waals surface area contributed by atoms with Crippen LogP contribution in [0.25, 0.3) is 0 Å². The van der Waals surface area contributed by atoms with Crippen molar-refractivity contribution < 1.29 is 5.11 Å². The van der Waals surface area contributed by atoms with Crippen molar-refractivity contribution in [3.63, 3.8) is 0 Å². The summed E-state index contributed by atoms with van der Waals surface area (Å²) in [6, 6.07) is 0.733. The lowest BCUT2D eigenvalue weighted by atomic mass is 10.1. The number of aliphatic hydroxyl groups excluding tert-OH is 1. The quantitative estimate of drug-likeness (QED) is 0.710. The topological polar surface area (TPSA) is 26.7 Å². The van der Waals surface area contributed by atoms with Gasteiger partial charge in [0.2, 0.25) is 0 Å². The van der Waals surface area contributed by atoms with Crippen LogP contribution in [-0.4, -0.2) is 60.3 Å². The van der Waals surface area contributed by atoms with Crippen molar-refractivity contribution in [2.24, 2.45) is 0 Å². The summed E-state index contributed by atoms with van der Waals surface area (Å²) in [5.74, 6) is 0. The van der Waals surface area contributed by atoms with E-state index in [1.165, 1.54) is 25.9 Å². The fourth-order valence-electron chi connectivity index (χ4n) is 2.17. The number of hydrogen-bond acceptors (Lipinski definition) is 3. The Morgan fingerprint density at radius 3 is 2.36 bits per heavy atom. The molecule has 3 nitrogen and oxygen atoms in total. The highest BCUT2D eigenvalue weighted by Gasteiger charge is 2.19. The molecule has 0 aromatic heterocycles. The van der Waals surface area contributed by atoms with Crippen molar-refractivity contribution in [1.29, 1.82) is 0 Å². The molecule has 0 bridgehead atoms. The molecule has 0 aliphatic carbocycles. The average molecular weight is 200 g/mol. The number of nitrogens with zero attached hydrogens (tertiary/aromatic N) is 2. The van der Waals surface area contributed by atoms with Gasteiger partial charge in [0.25, 0.3) is 0 Å². The summed E-state index contributed by atoms with van der Waals surface area (Å²) in [5.41, 5.74) is 0. The van der Waals surface area contributed by atoms with E-state index in [1.54, 1.807) is 0 Å². The molecular formula is C11H24N2O. The standard InChI is InChI=1S/C11H24N2O/c1-3-4-11(2)13-7-5-12(6-8-13)9-10-14/h11,14H,3-10H2,1-2H3. The molecular weight excluding hydrogens is 176 g/mol. The lowest BCUT2D eigenvalue weighted by Crippen LogP contribution is -2.50. The molecule has 84 valence electrons. The van der Waals surface area contributed by atoms with Crippen LogP contribution < -0.4 is 0 Å². The van der Waals surface area contributed by atoms with Gasteiger partial charge in [-0.2, -0.15) is 0 Å². The van der Waals surface area contributed by atoms with Crippen LogP contribution in [0.15, 0.2) is 0 Å². The third-order valence-electron chi connectivity index (χ3n) is 3.15. The van der Waals surface area contributed by atoms with E-state index in [2.05, 4.69) is 23.6 Å². The number of rotatable bonds is 5. The molecule has 0 radical (unpaired) electrons. The van der Waals surface area contributed by atoms with Crippen molar-refractivity contribution in [3.8, 4) is 0 Å². The van der Waals surface area contributed by atoms with Crippen LogP contribution in [0.5, 0.6) is 0 Å². The molecule has 1 N–H and O–H groups in total. The van der Waals surface area contributed by atoms with Crippen LogP contribution in [0.4, 0.5) is 0 Å². The molecule has 1 unspecified atom stereocenters. The summed E-state index contributed by atoms with van der Waals surface area (Å²) in [5, 5.41) is 8.82. The van der Waals surface area contributed by atoms with Crippen LogP contribution in [0.1, 0.15) is 26.7 Å². The first-order valence-corrected chi connectivity index (χ1v) is 5.85. The lowest BCUT2D eigenvalue weighted by molar-refractivity contribution is 0.0859. The molecule has 1 aliphatic heterocycles. The van der Waals surface area contributed by atoms with Crippen LogP contribution in [-0.2, 0) is 0 Å². The molecule has 1 heterocycles. The van der Waals surface area contributed by atoms with E-state index < -0.39 is 0 Å². The zero-order chi connectivity index (χ0) is 10.4. The number of aliphatic hydroxyl groups is 1. The minimum atomic E-state index is 0.296. The van der Waals surface area contributed by atoms with E-state index in [-0.39, 0.29) is 0 Å². The Hall–Kier alpha value is -0.120. The Bertz CT molecular complexity index is 144. The van der Waals surface area contributed by atoms with Gasteiger partial charge < -0.3 is 5.11 Å². The highest BCUT2D eigenvalue weighted by molar-refractivity contribution is 4.75. The zero-order valence-corrected chi connectivity index (χ0v) is 9.58. The van der Waals surface area contributed by atoms with Crippen LogP contribution in [0.3, 0.4) is 0 Å². The molecule has 1 aliphatic rings. The maximum absolute atomic E-state index is 8.82. The van der Waals surface area contributed by atoms with Crippen molar-refractivity contribution in [1.82, 2.24) is 9.80 Å². The van der Waals surface area contributed by atoms with Gasteiger partial charge in [-0.1, -0.05) is 13.3 Å². The number of hydrogen-bond donors (Lipinski definition) is 1. The molecule has 0 amide bonds. The molecule has 1 fully saturated rings. The van der Waals surface area contributed by atoms with Gasteiger partial charge in [-0.25, -0.2) is 0 Å². The number of β-amino-alcohol motifs (C(OH)–C–C–N with tert-alkyl or cyclic N) is 1. The van der Waals surface area contributed by atoms with Crippen molar-refractivity contribution in [2.75, 3.05) is 39.3 Å². The van der Waals surface area contributed by atoms with Gasteiger partial charge in [0.15, 0.2) is 0 Å². The molecule has 0 aromatic rings. The second kappa shape index (κ2) is 6.38. The lowest BCUT2D eigenvalue weighted by Gasteiger charge is -2.37. The Kier molecular flexibility index (Phi) is 5.45. The molecule has 0 aromatic carbocycles. The van der Waals surface area contributed by atoms with Crippen molar-refractivity contribution >= 4 is 0 Å². The second-order valence-corrected chi connectivity index (χ2v) is 4.24. The van der Waals surface area contributed by atoms with E-state index in [0.29, 0.717) is 6.61 Å². The summed E-state index contributed by atoms with van der Waals surface area (Å²) in [6.45, 7) is 10.3. The smallest absolute Gasteiger partial charge is 0.0558 e. The molecule has 14 heavy (non-hydrogen) atoms. The third-order valence-corrected chi connectivity index (χ3v) is 3.15. The van der Waals surface area contributed by atoms with E-state index in [0.717, 1.165) is 25.7 Å². The van der Waals surface area contributed by atoms with Gasteiger partial charge in [-0.15, -0.1) is 0 Å². The van der Waals surface area contributed by atoms with Gasteiger partial charge in [-0.05, 0) is 13.3 Å². The Morgan fingerprint density at radius 1 is 1.21 bits per heavy atom. The van der Waals surface area contributed by atoms with Crippen molar-refractivity contribution in [3.05, 3.63) is 0 Å². The maximum atomic E-state index is 8.82. The van der Waals surface area contributed by atoms with E-state index in [1.807, 2.05) is 0 Å². The average Bonchev–Trinajstić information content (AvgIpc) is 2.20. The minimum Gasteiger partial charge on any atom is -0.395 e. The first-order chi connectivity index (χ1) is 6.77. The second-order valence-electron chi connectivity index (χ2n) is 4.24. The molecule has 3 heteroatoms. The molecule has 0 spiro atoms. The SMILES string of the molecule is CCCC(C)N1CCN(CCO)CC1. The Balaban J connectivity index is 2.21. The van der Waals surface area contributed by atoms with E-state index >= 15 is 0 Å². The summed E-state index contributed by atoms with van der Waals surface area (Å²) in [4.78, 5) is 4.91. The van der Waals surface area contributed by atoms with Gasteiger partial charge >= 0.3 is 0 Å². The number of piperazine rings is 1. The van der Waals surface area contributed by atoms with E-state index in [4.69, 9.17) is 5.11 Å². The predicted molar refractivity (Wildman–Crippen MR) is 59.5 cm³/mol. The maximum Gasteiger partial charge on any atom is 0.0558 e. The zero-order valence-electron chi connectivity index (χ0n) is 9.58.